The molecule has 0 N–H and O–H groups in total. The van der Waals surface area contributed by atoms with Crippen LogP contribution in [0, 0.1) is 5.41 Å². The van der Waals surface area contributed by atoms with E-state index in [1.54, 1.807) is 0 Å². The van der Waals surface area contributed by atoms with Crippen LogP contribution in [0.4, 0.5) is 0 Å². The summed E-state index contributed by atoms with van der Waals surface area (Å²) in [4.78, 5) is 11.7. The Morgan fingerprint density at radius 2 is 2.27 bits per heavy atom. The summed E-state index contributed by atoms with van der Waals surface area (Å²) in [5.74, 6) is -0.0798. The highest BCUT2D eigenvalue weighted by atomic mass is 16.6. The van der Waals surface area contributed by atoms with Crippen molar-refractivity contribution in [2.75, 3.05) is 13.2 Å². The Bertz CT molecular complexity index is 401. The van der Waals surface area contributed by atoms with Gasteiger partial charge in [-0.25, -0.2) is 0 Å². The standard InChI is InChI=1S/C12H14O3/c1-7-8(10-6-14-10)3-4-12(2)9(7)5-15-11(12)13/h3,10H,4-6H2,1-2H3/t10-,12?/m0/s1. The van der Waals surface area contributed by atoms with Gasteiger partial charge in [-0.2, -0.15) is 0 Å². The van der Waals surface area contributed by atoms with Crippen LogP contribution in [0.25, 0.3) is 0 Å². The molecule has 3 rings (SSSR count). The normalized spacial score (nSPS) is 38.7. The summed E-state index contributed by atoms with van der Waals surface area (Å²) in [6.45, 7) is 5.33. The Morgan fingerprint density at radius 3 is 2.93 bits per heavy atom. The monoisotopic (exact) mass is 206 g/mol. The van der Waals surface area contributed by atoms with Gasteiger partial charge in [-0.15, -0.1) is 0 Å². The van der Waals surface area contributed by atoms with Crippen molar-refractivity contribution in [3.63, 3.8) is 0 Å². The predicted octanol–water partition coefficient (Wildman–Crippen LogP) is 1.59. The van der Waals surface area contributed by atoms with E-state index in [0.29, 0.717) is 6.61 Å². The van der Waals surface area contributed by atoms with E-state index in [1.807, 2.05) is 6.92 Å². The van der Waals surface area contributed by atoms with E-state index >= 15 is 0 Å². The van der Waals surface area contributed by atoms with Crippen LogP contribution in [0.3, 0.4) is 0 Å². The predicted molar refractivity (Wildman–Crippen MR) is 54.2 cm³/mol. The van der Waals surface area contributed by atoms with Gasteiger partial charge < -0.3 is 9.47 Å². The number of hydrogen-bond donors (Lipinski definition) is 0. The molecule has 2 heterocycles. The van der Waals surface area contributed by atoms with Crippen molar-refractivity contribution in [3.8, 4) is 0 Å². The Balaban J connectivity index is 2.04. The SMILES string of the molecule is CC1=C2COC(=O)C2(C)CC=C1[C@@H]1CO1. The number of allylic oxidation sites excluding steroid dienone is 1. The summed E-state index contributed by atoms with van der Waals surface area (Å²) in [5.41, 5.74) is 3.22. The van der Waals surface area contributed by atoms with Crippen molar-refractivity contribution in [1.82, 2.24) is 0 Å². The van der Waals surface area contributed by atoms with E-state index in [1.165, 1.54) is 11.1 Å². The van der Waals surface area contributed by atoms with E-state index in [2.05, 4.69) is 13.0 Å². The van der Waals surface area contributed by atoms with Gasteiger partial charge in [-0.3, -0.25) is 4.79 Å². The van der Waals surface area contributed by atoms with Crippen LogP contribution in [0.1, 0.15) is 20.3 Å². The maximum atomic E-state index is 11.7. The van der Waals surface area contributed by atoms with Crippen molar-refractivity contribution in [2.24, 2.45) is 5.41 Å². The highest BCUT2D eigenvalue weighted by Gasteiger charge is 2.48. The maximum Gasteiger partial charge on any atom is 0.316 e. The summed E-state index contributed by atoms with van der Waals surface area (Å²) in [5, 5.41) is 0. The number of carbonyl (C=O) groups is 1. The van der Waals surface area contributed by atoms with Gasteiger partial charge in [0.1, 0.15) is 12.7 Å². The minimum atomic E-state index is -0.400. The lowest BCUT2D eigenvalue weighted by Gasteiger charge is -2.26. The number of esters is 1. The largest absolute Gasteiger partial charge is 0.460 e. The molecule has 0 aromatic heterocycles. The van der Waals surface area contributed by atoms with Gasteiger partial charge in [0.25, 0.3) is 0 Å². The van der Waals surface area contributed by atoms with E-state index in [-0.39, 0.29) is 12.1 Å². The molecule has 3 aliphatic rings. The van der Waals surface area contributed by atoms with Gasteiger partial charge in [0.05, 0.1) is 12.0 Å². The van der Waals surface area contributed by atoms with Gasteiger partial charge in [-0.05, 0) is 37.0 Å². The Labute approximate surface area is 88.7 Å². The number of ether oxygens (including phenoxy) is 2. The Kier molecular flexibility index (Phi) is 1.67. The van der Waals surface area contributed by atoms with E-state index in [4.69, 9.17) is 9.47 Å². The smallest absolute Gasteiger partial charge is 0.316 e. The van der Waals surface area contributed by atoms with E-state index in [0.717, 1.165) is 18.6 Å². The molecule has 0 radical (unpaired) electrons. The fourth-order valence-corrected chi connectivity index (χ4v) is 2.55. The average Bonchev–Trinajstić information content (AvgIpc) is 2.96. The first-order valence-corrected chi connectivity index (χ1v) is 5.32. The molecule has 1 aliphatic carbocycles. The van der Waals surface area contributed by atoms with Crippen molar-refractivity contribution in [3.05, 3.63) is 22.8 Å². The fraction of sp³-hybridized carbons (Fsp3) is 0.583. The molecule has 0 aromatic carbocycles. The van der Waals surface area contributed by atoms with Crippen LogP contribution in [0.2, 0.25) is 0 Å². The third-order valence-electron chi connectivity index (χ3n) is 3.76. The highest BCUT2D eigenvalue weighted by molar-refractivity contribution is 5.85. The van der Waals surface area contributed by atoms with Gasteiger partial charge in [0.2, 0.25) is 0 Å². The van der Waals surface area contributed by atoms with Crippen molar-refractivity contribution in [1.29, 1.82) is 0 Å². The van der Waals surface area contributed by atoms with Crippen LogP contribution in [0.5, 0.6) is 0 Å². The molecular formula is C12H14O3. The fourth-order valence-electron chi connectivity index (χ4n) is 2.55. The lowest BCUT2D eigenvalue weighted by molar-refractivity contribution is -0.145. The van der Waals surface area contributed by atoms with Crippen molar-refractivity contribution in [2.45, 2.75) is 26.4 Å². The molecule has 0 amide bonds. The topological polar surface area (TPSA) is 38.8 Å². The van der Waals surface area contributed by atoms with E-state index in [9.17, 15) is 4.79 Å². The first-order valence-electron chi connectivity index (χ1n) is 5.32. The second kappa shape index (κ2) is 2.73. The third-order valence-corrected chi connectivity index (χ3v) is 3.76. The minimum absolute atomic E-state index is 0.0798. The van der Waals surface area contributed by atoms with Gasteiger partial charge in [0.15, 0.2) is 0 Å². The number of epoxide rings is 1. The van der Waals surface area contributed by atoms with Gasteiger partial charge in [0, 0.05) is 0 Å². The first-order chi connectivity index (χ1) is 7.13. The summed E-state index contributed by atoms with van der Waals surface area (Å²) in [6, 6.07) is 0. The molecule has 2 aliphatic heterocycles. The summed E-state index contributed by atoms with van der Waals surface area (Å²) in [6.07, 6.45) is 3.18. The molecule has 0 bridgehead atoms. The molecule has 2 fully saturated rings. The highest BCUT2D eigenvalue weighted by Crippen LogP contribution is 2.46. The Hall–Kier alpha value is -1.09. The van der Waals surface area contributed by atoms with Crippen molar-refractivity contribution >= 4 is 5.97 Å². The number of cyclic esters (lactones) is 1. The van der Waals surface area contributed by atoms with Crippen LogP contribution in [-0.2, 0) is 14.3 Å². The van der Waals surface area contributed by atoms with Crippen LogP contribution < -0.4 is 0 Å². The average molecular weight is 206 g/mol. The van der Waals surface area contributed by atoms with Crippen LogP contribution >= 0.6 is 0 Å². The molecule has 2 atom stereocenters. The molecule has 1 unspecified atom stereocenters. The maximum absolute atomic E-state index is 11.7. The lowest BCUT2D eigenvalue weighted by atomic mass is 9.73. The number of carbonyl (C=O) groups excluding carboxylic acids is 1. The molecule has 15 heavy (non-hydrogen) atoms. The zero-order chi connectivity index (χ0) is 10.6. The number of rotatable bonds is 1. The zero-order valence-corrected chi connectivity index (χ0v) is 9.00. The molecule has 2 saturated heterocycles. The quantitative estimate of drug-likeness (QED) is 0.483. The molecule has 0 aromatic rings. The molecule has 3 nitrogen and oxygen atoms in total. The molecule has 0 spiro atoms. The summed E-state index contributed by atoms with van der Waals surface area (Å²) < 4.78 is 10.4. The van der Waals surface area contributed by atoms with Crippen molar-refractivity contribution < 1.29 is 14.3 Å². The van der Waals surface area contributed by atoms with Crippen LogP contribution in [0.15, 0.2) is 22.8 Å². The second-order valence-corrected chi connectivity index (χ2v) is 4.70. The molecule has 80 valence electrons. The second-order valence-electron chi connectivity index (χ2n) is 4.70. The zero-order valence-electron chi connectivity index (χ0n) is 9.00. The van der Waals surface area contributed by atoms with E-state index < -0.39 is 5.41 Å². The minimum Gasteiger partial charge on any atom is -0.460 e. The first kappa shape index (κ1) is 9.16. The summed E-state index contributed by atoms with van der Waals surface area (Å²) in [7, 11) is 0. The Morgan fingerprint density at radius 1 is 1.53 bits per heavy atom. The molecule has 0 saturated carbocycles. The van der Waals surface area contributed by atoms with Gasteiger partial charge in [-0.1, -0.05) is 6.08 Å². The molecule has 3 heteroatoms. The summed E-state index contributed by atoms with van der Waals surface area (Å²) >= 11 is 0. The molecular weight excluding hydrogens is 192 g/mol. The van der Waals surface area contributed by atoms with Gasteiger partial charge >= 0.3 is 5.97 Å². The lowest BCUT2D eigenvalue weighted by Crippen LogP contribution is -2.27. The number of fused-ring (bicyclic) bond motifs is 1. The third kappa shape index (κ3) is 1.13. The number of hydrogen-bond acceptors (Lipinski definition) is 3. The van der Waals surface area contributed by atoms with Crippen LogP contribution in [-0.4, -0.2) is 25.3 Å².